The minimum absolute atomic E-state index is 0.00430. The van der Waals surface area contributed by atoms with Crippen LogP contribution in [0.25, 0.3) is 0 Å². The summed E-state index contributed by atoms with van der Waals surface area (Å²) < 4.78 is 0. The summed E-state index contributed by atoms with van der Waals surface area (Å²) in [6.45, 7) is 8.20. The van der Waals surface area contributed by atoms with Crippen LogP contribution in [0.4, 0.5) is 0 Å². The number of carbonyl (C=O) groups is 1. The van der Waals surface area contributed by atoms with Gasteiger partial charge in [-0.15, -0.1) is 0 Å². The molecule has 1 fully saturated rings. The predicted octanol–water partition coefficient (Wildman–Crippen LogP) is 3.33. The Labute approximate surface area is 115 Å². The minimum atomic E-state index is -0.00430. The Morgan fingerprint density at radius 1 is 1.26 bits per heavy atom. The lowest BCUT2D eigenvalue weighted by molar-refractivity contribution is -0.122. The number of hydrogen-bond donors (Lipinski definition) is 1. The highest BCUT2D eigenvalue weighted by Crippen LogP contribution is 2.47. The van der Waals surface area contributed by atoms with Crippen molar-refractivity contribution in [1.82, 2.24) is 5.43 Å². The van der Waals surface area contributed by atoms with E-state index in [4.69, 9.17) is 0 Å². The maximum Gasteiger partial charge on any atom is 0.243 e. The molecule has 0 radical (unpaired) electrons. The number of benzene rings is 1. The van der Waals surface area contributed by atoms with Gasteiger partial charge < -0.3 is 0 Å². The van der Waals surface area contributed by atoms with Crippen LogP contribution in [0.1, 0.15) is 45.6 Å². The van der Waals surface area contributed by atoms with Crippen LogP contribution in [0.15, 0.2) is 35.4 Å². The number of hydrogen-bond acceptors (Lipinski definition) is 2. The van der Waals surface area contributed by atoms with Crippen LogP contribution in [0, 0.1) is 11.3 Å². The maximum absolute atomic E-state index is 12.0. The SMILES string of the molecule is CC(=NNC(=O)C1CC1c1ccccc1)C(C)(C)C. The van der Waals surface area contributed by atoms with E-state index >= 15 is 0 Å². The van der Waals surface area contributed by atoms with Crippen LogP contribution in [-0.2, 0) is 4.79 Å². The van der Waals surface area contributed by atoms with E-state index in [2.05, 4.69) is 43.4 Å². The first-order valence-corrected chi connectivity index (χ1v) is 6.79. The van der Waals surface area contributed by atoms with E-state index in [1.807, 2.05) is 25.1 Å². The lowest BCUT2D eigenvalue weighted by Gasteiger charge is -2.17. The van der Waals surface area contributed by atoms with E-state index in [0.717, 1.165) is 12.1 Å². The van der Waals surface area contributed by atoms with Crippen molar-refractivity contribution in [2.45, 2.75) is 40.0 Å². The molecule has 1 aliphatic carbocycles. The van der Waals surface area contributed by atoms with Gasteiger partial charge in [-0.25, -0.2) is 5.43 Å². The van der Waals surface area contributed by atoms with Crippen LogP contribution in [0.2, 0.25) is 0 Å². The van der Waals surface area contributed by atoms with Gasteiger partial charge in [0.15, 0.2) is 0 Å². The van der Waals surface area contributed by atoms with Gasteiger partial charge in [0.05, 0.1) is 0 Å². The van der Waals surface area contributed by atoms with Gasteiger partial charge in [-0.3, -0.25) is 4.79 Å². The average molecular weight is 258 g/mol. The molecule has 0 aliphatic heterocycles. The van der Waals surface area contributed by atoms with Crippen molar-refractivity contribution < 1.29 is 4.79 Å². The summed E-state index contributed by atoms with van der Waals surface area (Å²) >= 11 is 0. The van der Waals surface area contributed by atoms with E-state index in [1.54, 1.807) is 0 Å². The topological polar surface area (TPSA) is 41.5 Å². The Balaban J connectivity index is 1.91. The zero-order chi connectivity index (χ0) is 14.0. The number of rotatable bonds is 3. The molecule has 19 heavy (non-hydrogen) atoms. The lowest BCUT2D eigenvalue weighted by Crippen LogP contribution is -2.25. The molecule has 1 aliphatic rings. The number of nitrogens with zero attached hydrogens (tertiary/aromatic N) is 1. The molecule has 0 bridgehead atoms. The molecule has 3 nitrogen and oxygen atoms in total. The fraction of sp³-hybridized carbons (Fsp3) is 0.500. The predicted molar refractivity (Wildman–Crippen MR) is 78.0 cm³/mol. The van der Waals surface area contributed by atoms with Crippen LogP contribution in [0.3, 0.4) is 0 Å². The van der Waals surface area contributed by atoms with Gasteiger partial charge in [0.1, 0.15) is 0 Å². The van der Waals surface area contributed by atoms with E-state index in [9.17, 15) is 4.79 Å². The number of amides is 1. The Morgan fingerprint density at radius 2 is 1.89 bits per heavy atom. The monoisotopic (exact) mass is 258 g/mol. The maximum atomic E-state index is 12.0. The smallest absolute Gasteiger partial charge is 0.243 e. The Kier molecular flexibility index (Phi) is 3.74. The molecule has 1 N–H and O–H groups in total. The Bertz CT molecular complexity index is 485. The van der Waals surface area contributed by atoms with Gasteiger partial charge >= 0.3 is 0 Å². The number of carbonyl (C=O) groups excluding carboxylic acids is 1. The molecular weight excluding hydrogens is 236 g/mol. The first kappa shape index (κ1) is 13.8. The quantitative estimate of drug-likeness (QED) is 0.655. The van der Waals surface area contributed by atoms with Crippen molar-refractivity contribution in [2.24, 2.45) is 16.4 Å². The highest BCUT2D eigenvalue weighted by molar-refractivity contribution is 5.89. The summed E-state index contributed by atoms with van der Waals surface area (Å²) in [5, 5.41) is 4.20. The summed E-state index contributed by atoms with van der Waals surface area (Å²) in [6, 6.07) is 10.2. The molecule has 1 saturated carbocycles. The van der Waals surface area contributed by atoms with Crippen LogP contribution >= 0.6 is 0 Å². The Hall–Kier alpha value is -1.64. The van der Waals surface area contributed by atoms with Gasteiger partial charge in [-0.2, -0.15) is 5.10 Å². The van der Waals surface area contributed by atoms with Gasteiger partial charge in [0.2, 0.25) is 5.91 Å². The van der Waals surface area contributed by atoms with Gasteiger partial charge in [0, 0.05) is 17.0 Å². The molecule has 1 amide bonds. The molecule has 0 heterocycles. The second kappa shape index (κ2) is 5.16. The molecule has 102 valence electrons. The van der Waals surface area contributed by atoms with E-state index in [1.165, 1.54) is 5.56 Å². The van der Waals surface area contributed by atoms with Crippen molar-refractivity contribution in [3.8, 4) is 0 Å². The van der Waals surface area contributed by atoms with Crippen molar-refractivity contribution in [3.63, 3.8) is 0 Å². The molecule has 1 aromatic rings. The fourth-order valence-electron chi connectivity index (χ4n) is 1.94. The highest BCUT2D eigenvalue weighted by atomic mass is 16.2. The highest BCUT2D eigenvalue weighted by Gasteiger charge is 2.43. The standard InChI is InChI=1S/C16H22N2O/c1-11(16(2,3)4)17-18-15(19)14-10-13(14)12-8-6-5-7-9-12/h5-9,13-14H,10H2,1-4H3,(H,18,19). The molecule has 1 aromatic carbocycles. The molecule has 0 saturated heterocycles. The fourth-order valence-corrected chi connectivity index (χ4v) is 1.94. The number of hydrazone groups is 1. The van der Waals surface area contributed by atoms with Crippen molar-refractivity contribution in [1.29, 1.82) is 0 Å². The molecule has 0 spiro atoms. The zero-order valence-corrected chi connectivity index (χ0v) is 12.1. The molecule has 0 aromatic heterocycles. The minimum Gasteiger partial charge on any atom is -0.273 e. The zero-order valence-electron chi connectivity index (χ0n) is 12.1. The van der Waals surface area contributed by atoms with Gasteiger partial charge in [-0.1, -0.05) is 51.1 Å². The molecule has 2 atom stereocenters. The average Bonchev–Trinajstić information content (AvgIpc) is 3.15. The van der Waals surface area contributed by atoms with E-state index in [0.29, 0.717) is 5.92 Å². The summed E-state index contributed by atoms with van der Waals surface area (Å²) in [5.41, 5.74) is 4.89. The third kappa shape index (κ3) is 3.43. The van der Waals surface area contributed by atoms with Crippen molar-refractivity contribution in [2.75, 3.05) is 0 Å². The third-order valence-corrected chi connectivity index (χ3v) is 3.77. The molecule has 3 heteroatoms. The first-order valence-electron chi connectivity index (χ1n) is 6.79. The number of nitrogens with one attached hydrogen (secondary N) is 1. The van der Waals surface area contributed by atoms with Crippen molar-refractivity contribution >= 4 is 11.6 Å². The molecule has 2 rings (SSSR count). The molecule has 2 unspecified atom stereocenters. The summed E-state index contributed by atoms with van der Waals surface area (Å²) in [6.07, 6.45) is 0.930. The second-order valence-electron chi connectivity index (χ2n) is 6.28. The normalized spacial score (nSPS) is 23.1. The second-order valence-corrected chi connectivity index (χ2v) is 6.28. The van der Waals surface area contributed by atoms with E-state index in [-0.39, 0.29) is 17.2 Å². The Morgan fingerprint density at radius 3 is 2.47 bits per heavy atom. The van der Waals surface area contributed by atoms with E-state index < -0.39 is 0 Å². The van der Waals surface area contributed by atoms with Crippen LogP contribution < -0.4 is 5.43 Å². The summed E-state index contributed by atoms with van der Waals surface area (Å²) in [5.74, 6) is 0.489. The summed E-state index contributed by atoms with van der Waals surface area (Å²) in [4.78, 5) is 12.0. The van der Waals surface area contributed by atoms with Crippen molar-refractivity contribution in [3.05, 3.63) is 35.9 Å². The first-order chi connectivity index (χ1) is 8.89. The third-order valence-electron chi connectivity index (χ3n) is 3.77. The largest absolute Gasteiger partial charge is 0.273 e. The lowest BCUT2D eigenvalue weighted by atomic mass is 9.91. The van der Waals surface area contributed by atoms with Gasteiger partial charge in [-0.05, 0) is 24.8 Å². The molecular formula is C16H22N2O. The summed E-state index contributed by atoms with van der Waals surface area (Å²) in [7, 11) is 0. The van der Waals surface area contributed by atoms with Crippen LogP contribution in [-0.4, -0.2) is 11.6 Å². The van der Waals surface area contributed by atoms with Gasteiger partial charge in [0.25, 0.3) is 0 Å². The van der Waals surface area contributed by atoms with Crippen LogP contribution in [0.5, 0.6) is 0 Å².